The van der Waals surface area contributed by atoms with E-state index >= 15 is 0 Å². The van der Waals surface area contributed by atoms with Crippen LogP contribution in [0.2, 0.25) is 0 Å². The van der Waals surface area contributed by atoms with E-state index in [0.29, 0.717) is 6.54 Å². The lowest BCUT2D eigenvalue weighted by Gasteiger charge is -2.08. The van der Waals surface area contributed by atoms with Crippen LogP contribution in [0.1, 0.15) is 11.0 Å². The van der Waals surface area contributed by atoms with E-state index < -0.39 is 0 Å². The molecule has 0 aromatic carbocycles. The van der Waals surface area contributed by atoms with Gasteiger partial charge in [-0.05, 0) is 12.1 Å². The van der Waals surface area contributed by atoms with Gasteiger partial charge in [-0.3, -0.25) is 0 Å². The lowest BCUT2D eigenvalue weighted by molar-refractivity contribution is 0.507. The second kappa shape index (κ2) is 4.63. The second-order valence-electron chi connectivity index (χ2n) is 2.66. The maximum absolute atomic E-state index is 5.68. The third-order valence-corrected chi connectivity index (χ3v) is 3.89. The van der Waals surface area contributed by atoms with Crippen molar-refractivity contribution in [2.45, 2.75) is 9.59 Å². The topological polar surface area (TPSA) is 52.0 Å². The molecule has 0 saturated heterocycles. The Balaban J connectivity index is 2.08. The van der Waals surface area contributed by atoms with Crippen molar-refractivity contribution in [2.24, 2.45) is 5.73 Å². The molecule has 2 aromatic rings. The highest BCUT2D eigenvalue weighted by atomic mass is 32.2. The first-order valence-corrected chi connectivity index (χ1v) is 5.95. The van der Waals surface area contributed by atoms with E-state index in [9.17, 15) is 0 Å². The van der Waals surface area contributed by atoms with Crippen LogP contribution in [-0.2, 0) is 0 Å². The Labute approximate surface area is 90.3 Å². The van der Waals surface area contributed by atoms with E-state index in [-0.39, 0.29) is 5.25 Å². The van der Waals surface area contributed by atoms with Crippen LogP contribution in [0.3, 0.4) is 0 Å². The molecule has 0 radical (unpaired) electrons. The first-order chi connectivity index (χ1) is 6.90. The van der Waals surface area contributed by atoms with Crippen molar-refractivity contribution in [1.29, 1.82) is 0 Å². The van der Waals surface area contributed by atoms with Crippen LogP contribution in [0.25, 0.3) is 0 Å². The Hall–Kier alpha value is -0.780. The van der Waals surface area contributed by atoms with Crippen LogP contribution >= 0.6 is 23.1 Å². The number of furan rings is 1. The molecule has 0 aliphatic heterocycles. The zero-order chi connectivity index (χ0) is 9.80. The van der Waals surface area contributed by atoms with E-state index in [0.717, 1.165) is 10.1 Å². The molecule has 3 nitrogen and oxygen atoms in total. The summed E-state index contributed by atoms with van der Waals surface area (Å²) in [6, 6.07) is 3.82. The normalized spacial score (nSPS) is 12.9. The number of hydrogen-bond donors (Lipinski definition) is 1. The van der Waals surface area contributed by atoms with Gasteiger partial charge in [-0.25, -0.2) is 4.98 Å². The number of rotatable bonds is 4. The number of thioether (sulfide) groups is 1. The monoisotopic (exact) mass is 226 g/mol. The van der Waals surface area contributed by atoms with Crippen LogP contribution in [0.5, 0.6) is 0 Å². The molecule has 5 heteroatoms. The van der Waals surface area contributed by atoms with Crippen LogP contribution in [-0.4, -0.2) is 11.5 Å². The fourth-order valence-corrected chi connectivity index (χ4v) is 2.90. The minimum absolute atomic E-state index is 0.163. The summed E-state index contributed by atoms with van der Waals surface area (Å²) in [4.78, 5) is 4.20. The summed E-state index contributed by atoms with van der Waals surface area (Å²) in [6.45, 7) is 0.553. The van der Waals surface area contributed by atoms with Gasteiger partial charge in [-0.15, -0.1) is 11.3 Å². The third kappa shape index (κ3) is 2.17. The van der Waals surface area contributed by atoms with Crippen LogP contribution in [0, 0.1) is 0 Å². The van der Waals surface area contributed by atoms with Crippen molar-refractivity contribution in [3.05, 3.63) is 35.7 Å². The number of nitrogens with two attached hydrogens (primary N) is 1. The molecule has 0 amide bonds. The first-order valence-electron chi connectivity index (χ1n) is 4.20. The average Bonchev–Trinajstić information content (AvgIpc) is 2.86. The van der Waals surface area contributed by atoms with Gasteiger partial charge < -0.3 is 10.2 Å². The van der Waals surface area contributed by atoms with Crippen molar-refractivity contribution in [3.8, 4) is 0 Å². The van der Waals surface area contributed by atoms with Gasteiger partial charge in [0.2, 0.25) is 0 Å². The summed E-state index contributed by atoms with van der Waals surface area (Å²) < 4.78 is 6.34. The maximum Gasteiger partial charge on any atom is 0.150 e. The standard InChI is InChI=1S/C9H10N2OS2/c10-6-8(7-2-1-4-12-7)14-9-11-3-5-13-9/h1-5,8H,6,10H2. The fourth-order valence-electron chi connectivity index (χ4n) is 1.09. The summed E-state index contributed by atoms with van der Waals surface area (Å²) in [5, 5.41) is 2.12. The molecule has 1 atom stereocenters. The van der Waals surface area contributed by atoms with Crippen LogP contribution in [0.15, 0.2) is 38.7 Å². The Kier molecular flexibility index (Phi) is 3.23. The molecule has 74 valence electrons. The van der Waals surface area contributed by atoms with Gasteiger partial charge in [-0.2, -0.15) is 0 Å². The van der Waals surface area contributed by atoms with E-state index in [2.05, 4.69) is 4.98 Å². The lowest BCUT2D eigenvalue weighted by atomic mass is 10.3. The summed E-state index contributed by atoms with van der Waals surface area (Å²) in [7, 11) is 0. The van der Waals surface area contributed by atoms with Gasteiger partial charge in [0.05, 0.1) is 11.5 Å². The Morgan fingerprint density at radius 1 is 1.64 bits per heavy atom. The van der Waals surface area contributed by atoms with Gasteiger partial charge >= 0.3 is 0 Å². The predicted octanol–water partition coefficient (Wildman–Crippen LogP) is 2.53. The summed E-state index contributed by atoms with van der Waals surface area (Å²) in [6.07, 6.45) is 3.46. The van der Waals surface area contributed by atoms with E-state index in [4.69, 9.17) is 10.2 Å². The van der Waals surface area contributed by atoms with Gasteiger partial charge in [-0.1, -0.05) is 11.8 Å². The van der Waals surface area contributed by atoms with E-state index in [1.54, 1.807) is 35.6 Å². The highest BCUT2D eigenvalue weighted by Crippen LogP contribution is 2.35. The minimum Gasteiger partial charge on any atom is -0.468 e. The Bertz CT molecular complexity index is 358. The van der Waals surface area contributed by atoms with Crippen molar-refractivity contribution in [1.82, 2.24) is 4.98 Å². The highest BCUT2D eigenvalue weighted by molar-refractivity contribution is 8.01. The number of nitrogens with zero attached hydrogens (tertiary/aromatic N) is 1. The van der Waals surface area contributed by atoms with Gasteiger partial charge in [0, 0.05) is 18.1 Å². The zero-order valence-corrected chi connectivity index (χ0v) is 9.05. The number of hydrogen-bond acceptors (Lipinski definition) is 5. The second-order valence-corrected chi connectivity index (χ2v) is 5.00. The first kappa shape index (κ1) is 9.76. The minimum atomic E-state index is 0.163. The molecule has 2 rings (SSSR count). The molecular formula is C9H10N2OS2. The SMILES string of the molecule is NCC(Sc1nccs1)c1ccco1. The van der Waals surface area contributed by atoms with E-state index in [1.807, 2.05) is 17.5 Å². The third-order valence-electron chi connectivity index (χ3n) is 1.73. The van der Waals surface area contributed by atoms with Gasteiger partial charge in [0.25, 0.3) is 0 Å². The molecule has 0 saturated carbocycles. The summed E-state index contributed by atoms with van der Waals surface area (Å²) >= 11 is 3.26. The largest absolute Gasteiger partial charge is 0.468 e. The highest BCUT2D eigenvalue weighted by Gasteiger charge is 2.15. The predicted molar refractivity (Wildman–Crippen MR) is 58.5 cm³/mol. The van der Waals surface area contributed by atoms with Crippen molar-refractivity contribution < 1.29 is 4.42 Å². The van der Waals surface area contributed by atoms with E-state index in [1.165, 1.54) is 0 Å². The van der Waals surface area contributed by atoms with Crippen molar-refractivity contribution in [2.75, 3.05) is 6.54 Å². The molecule has 0 aliphatic rings. The lowest BCUT2D eigenvalue weighted by Crippen LogP contribution is -2.08. The molecule has 0 bridgehead atoms. The van der Waals surface area contributed by atoms with Gasteiger partial charge in [0.1, 0.15) is 5.76 Å². The molecule has 1 unspecified atom stereocenters. The smallest absolute Gasteiger partial charge is 0.150 e. The number of thiazole rings is 1. The Morgan fingerprint density at radius 2 is 2.57 bits per heavy atom. The maximum atomic E-state index is 5.68. The molecule has 2 N–H and O–H groups in total. The average molecular weight is 226 g/mol. The van der Waals surface area contributed by atoms with Gasteiger partial charge in [0.15, 0.2) is 4.34 Å². The molecule has 0 fully saturated rings. The molecule has 14 heavy (non-hydrogen) atoms. The Morgan fingerprint density at radius 3 is 3.14 bits per heavy atom. The molecule has 0 spiro atoms. The van der Waals surface area contributed by atoms with Crippen LogP contribution in [0.4, 0.5) is 0 Å². The molecular weight excluding hydrogens is 216 g/mol. The molecule has 2 heterocycles. The quantitative estimate of drug-likeness (QED) is 0.814. The fraction of sp³-hybridized carbons (Fsp3) is 0.222. The van der Waals surface area contributed by atoms with Crippen LogP contribution < -0.4 is 5.73 Å². The zero-order valence-electron chi connectivity index (χ0n) is 7.42. The number of aromatic nitrogens is 1. The summed E-state index contributed by atoms with van der Waals surface area (Å²) in [5.41, 5.74) is 5.68. The molecule has 0 aliphatic carbocycles. The van der Waals surface area contributed by atoms with Crippen molar-refractivity contribution in [3.63, 3.8) is 0 Å². The summed E-state index contributed by atoms with van der Waals surface area (Å²) in [5.74, 6) is 0.910. The van der Waals surface area contributed by atoms with Crippen molar-refractivity contribution >= 4 is 23.1 Å². The molecule has 2 aromatic heterocycles.